The number of nitrogens with two attached hydrogens (primary N) is 1. The van der Waals surface area contributed by atoms with Gasteiger partial charge in [-0.1, -0.05) is 0 Å². The van der Waals surface area contributed by atoms with E-state index in [9.17, 15) is 0 Å². The van der Waals surface area contributed by atoms with Gasteiger partial charge in [-0.2, -0.15) is 0 Å². The van der Waals surface area contributed by atoms with E-state index < -0.39 is 0 Å². The topological polar surface area (TPSA) is 43.8 Å². The lowest BCUT2D eigenvalue weighted by molar-refractivity contribution is 0.657. The lowest BCUT2D eigenvalue weighted by atomic mass is 10.1. The molecular formula is C10H12IN3S. The van der Waals surface area contributed by atoms with Gasteiger partial charge >= 0.3 is 0 Å². The van der Waals surface area contributed by atoms with Crippen LogP contribution in [0, 0.1) is 2.88 Å². The first-order chi connectivity index (χ1) is 7.22. The summed E-state index contributed by atoms with van der Waals surface area (Å²) in [6.45, 7) is 3.00. The second kappa shape index (κ2) is 4.63. The van der Waals surface area contributed by atoms with E-state index in [2.05, 4.69) is 50.5 Å². The van der Waals surface area contributed by atoms with Crippen LogP contribution in [-0.4, -0.2) is 9.55 Å². The van der Waals surface area contributed by atoms with Gasteiger partial charge in [-0.3, -0.25) is 0 Å². The molecule has 0 amide bonds. The molecule has 3 nitrogen and oxygen atoms in total. The van der Waals surface area contributed by atoms with Crippen LogP contribution < -0.4 is 5.73 Å². The Hall–Kier alpha value is -0.400. The van der Waals surface area contributed by atoms with Crippen molar-refractivity contribution in [2.24, 2.45) is 5.73 Å². The van der Waals surface area contributed by atoms with Gasteiger partial charge in [0.15, 0.2) is 0 Å². The van der Waals surface area contributed by atoms with Gasteiger partial charge in [-0.05, 0) is 46.5 Å². The predicted molar refractivity (Wildman–Crippen MR) is 71.0 cm³/mol. The molecule has 2 heterocycles. The highest BCUT2D eigenvalue weighted by molar-refractivity contribution is 14.1. The zero-order valence-corrected chi connectivity index (χ0v) is 11.3. The van der Waals surface area contributed by atoms with Gasteiger partial charge in [0.1, 0.15) is 5.82 Å². The number of nitrogens with zero attached hydrogens (tertiary/aromatic N) is 2. The number of halogens is 1. The van der Waals surface area contributed by atoms with Crippen molar-refractivity contribution in [2.45, 2.75) is 19.5 Å². The average Bonchev–Trinajstić information content (AvgIpc) is 2.84. The van der Waals surface area contributed by atoms with Crippen molar-refractivity contribution in [2.75, 3.05) is 0 Å². The molecule has 0 aromatic carbocycles. The van der Waals surface area contributed by atoms with Gasteiger partial charge in [0, 0.05) is 18.9 Å². The van der Waals surface area contributed by atoms with Crippen molar-refractivity contribution in [1.29, 1.82) is 0 Å². The Bertz CT molecular complexity index is 449. The fraction of sp³-hybridized carbons (Fsp3) is 0.300. The van der Waals surface area contributed by atoms with Crippen molar-refractivity contribution in [3.8, 4) is 0 Å². The molecule has 15 heavy (non-hydrogen) atoms. The highest BCUT2D eigenvalue weighted by Gasteiger charge is 2.15. The molecule has 1 unspecified atom stereocenters. The second-order valence-corrected chi connectivity index (χ2v) is 6.04. The molecule has 2 N–H and O–H groups in total. The van der Waals surface area contributed by atoms with Crippen molar-refractivity contribution < 1.29 is 0 Å². The summed E-state index contributed by atoms with van der Waals surface area (Å²) in [4.78, 5) is 4.31. The smallest absolute Gasteiger partial charge is 0.130 e. The summed E-state index contributed by atoms with van der Waals surface area (Å²) >= 11 is 4.02. The first-order valence-electron chi connectivity index (χ1n) is 4.73. The predicted octanol–water partition coefficient (Wildman–Crippen LogP) is 2.62. The number of hydrogen-bond acceptors (Lipinski definition) is 3. The highest BCUT2D eigenvalue weighted by Crippen LogP contribution is 2.24. The third kappa shape index (κ3) is 2.24. The molecular weight excluding hydrogens is 321 g/mol. The molecule has 0 saturated carbocycles. The van der Waals surface area contributed by atoms with E-state index in [1.54, 1.807) is 17.5 Å². The Morgan fingerprint density at radius 2 is 2.47 bits per heavy atom. The van der Waals surface area contributed by atoms with Crippen LogP contribution in [0.1, 0.15) is 24.4 Å². The molecule has 0 saturated heterocycles. The molecule has 1 atom stereocenters. The van der Waals surface area contributed by atoms with Gasteiger partial charge in [0.05, 0.1) is 8.93 Å². The van der Waals surface area contributed by atoms with Crippen LogP contribution in [0.15, 0.2) is 23.8 Å². The van der Waals surface area contributed by atoms with Crippen LogP contribution in [0.4, 0.5) is 0 Å². The lowest BCUT2D eigenvalue weighted by Gasteiger charge is -2.11. The molecule has 2 aromatic heterocycles. The number of aromatic nitrogens is 2. The largest absolute Gasteiger partial charge is 0.334 e. The van der Waals surface area contributed by atoms with E-state index >= 15 is 0 Å². The van der Waals surface area contributed by atoms with E-state index in [1.165, 1.54) is 2.88 Å². The van der Waals surface area contributed by atoms with Gasteiger partial charge in [0.25, 0.3) is 0 Å². The summed E-state index contributed by atoms with van der Waals surface area (Å²) in [6.07, 6.45) is 3.77. The van der Waals surface area contributed by atoms with Crippen LogP contribution in [0.25, 0.3) is 0 Å². The van der Waals surface area contributed by atoms with Gasteiger partial charge < -0.3 is 10.3 Å². The standard InChI is InChI=1S/C10H12IN3S/c1-2-14-4-3-13-10(14)9(12)7-5-8(11)15-6-7/h3-6,9H,2,12H2,1H3. The summed E-state index contributed by atoms with van der Waals surface area (Å²) < 4.78 is 3.34. The van der Waals surface area contributed by atoms with E-state index in [4.69, 9.17) is 5.73 Å². The van der Waals surface area contributed by atoms with E-state index in [0.717, 1.165) is 17.9 Å². The van der Waals surface area contributed by atoms with Crippen molar-refractivity contribution in [1.82, 2.24) is 9.55 Å². The molecule has 2 rings (SSSR count). The third-order valence-electron chi connectivity index (χ3n) is 2.31. The second-order valence-electron chi connectivity index (χ2n) is 3.23. The van der Waals surface area contributed by atoms with Crippen molar-refractivity contribution >= 4 is 33.9 Å². The molecule has 2 aromatic rings. The van der Waals surface area contributed by atoms with Crippen LogP contribution in [0.5, 0.6) is 0 Å². The summed E-state index contributed by atoms with van der Waals surface area (Å²) in [5.74, 6) is 0.937. The fourth-order valence-corrected chi connectivity index (χ4v) is 2.91. The van der Waals surface area contributed by atoms with E-state index in [1.807, 2.05) is 6.20 Å². The Labute approximate surface area is 106 Å². The third-order valence-corrected chi connectivity index (χ3v) is 4.12. The first kappa shape index (κ1) is 11.1. The minimum atomic E-state index is -0.111. The van der Waals surface area contributed by atoms with Crippen LogP contribution in [0.3, 0.4) is 0 Å². The molecule has 5 heteroatoms. The molecule has 0 aliphatic carbocycles. The van der Waals surface area contributed by atoms with Crippen LogP contribution in [0.2, 0.25) is 0 Å². The van der Waals surface area contributed by atoms with Gasteiger partial charge in [0.2, 0.25) is 0 Å². The monoisotopic (exact) mass is 333 g/mol. The number of thiophene rings is 1. The summed E-state index contributed by atoms with van der Waals surface area (Å²) in [5.41, 5.74) is 7.31. The van der Waals surface area contributed by atoms with E-state index in [-0.39, 0.29) is 6.04 Å². The summed E-state index contributed by atoms with van der Waals surface area (Å²) in [7, 11) is 0. The molecule has 0 spiro atoms. The molecule has 0 aliphatic rings. The number of aryl methyl sites for hydroxylation is 1. The quantitative estimate of drug-likeness (QED) is 0.878. The van der Waals surface area contributed by atoms with E-state index in [0.29, 0.717) is 0 Å². The Morgan fingerprint density at radius 3 is 3.07 bits per heavy atom. The van der Waals surface area contributed by atoms with Crippen molar-refractivity contribution in [3.63, 3.8) is 0 Å². The molecule has 0 bridgehead atoms. The Kier molecular flexibility index (Phi) is 3.42. The minimum absolute atomic E-state index is 0.111. The lowest BCUT2D eigenvalue weighted by Crippen LogP contribution is -2.16. The number of hydrogen-bond donors (Lipinski definition) is 1. The minimum Gasteiger partial charge on any atom is -0.334 e. The Morgan fingerprint density at radius 1 is 1.67 bits per heavy atom. The molecule has 0 fully saturated rings. The van der Waals surface area contributed by atoms with Crippen LogP contribution >= 0.6 is 33.9 Å². The SMILES string of the molecule is CCn1ccnc1C(N)c1csc(I)c1. The fourth-order valence-electron chi connectivity index (χ4n) is 1.50. The van der Waals surface area contributed by atoms with Gasteiger partial charge in [-0.25, -0.2) is 4.98 Å². The Balaban J connectivity index is 2.31. The molecule has 80 valence electrons. The normalized spacial score (nSPS) is 13.0. The highest BCUT2D eigenvalue weighted by atomic mass is 127. The number of imidazole rings is 1. The number of rotatable bonds is 3. The zero-order valence-electron chi connectivity index (χ0n) is 8.35. The molecule has 0 radical (unpaired) electrons. The summed E-state index contributed by atoms with van der Waals surface area (Å²) in [5, 5.41) is 2.10. The average molecular weight is 333 g/mol. The maximum absolute atomic E-state index is 6.17. The summed E-state index contributed by atoms with van der Waals surface area (Å²) in [6, 6.07) is 2.00. The molecule has 0 aliphatic heterocycles. The van der Waals surface area contributed by atoms with Crippen molar-refractivity contribution in [3.05, 3.63) is 38.1 Å². The van der Waals surface area contributed by atoms with Gasteiger partial charge in [-0.15, -0.1) is 11.3 Å². The maximum atomic E-state index is 6.17. The van der Waals surface area contributed by atoms with Crippen LogP contribution in [-0.2, 0) is 6.54 Å². The first-order valence-corrected chi connectivity index (χ1v) is 6.68. The zero-order chi connectivity index (χ0) is 10.8. The maximum Gasteiger partial charge on any atom is 0.130 e.